The highest BCUT2D eigenvalue weighted by atomic mass is 32.1. The molecule has 5 nitrogen and oxygen atoms in total. The molecule has 2 amide bonds. The molecule has 3 N–H and O–H groups in total. The van der Waals surface area contributed by atoms with E-state index in [2.05, 4.69) is 5.32 Å². The smallest absolute Gasteiger partial charge is 0.241 e. The van der Waals surface area contributed by atoms with Crippen molar-refractivity contribution >= 4 is 29.0 Å². The minimum absolute atomic E-state index is 0.0248. The van der Waals surface area contributed by atoms with Crippen LogP contribution in [0.5, 0.6) is 0 Å². The van der Waals surface area contributed by atoms with Gasteiger partial charge >= 0.3 is 0 Å². The maximum Gasteiger partial charge on any atom is 0.241 e. The van der Waals surface area contributed by atoms with Gasteiger partial charge < -0.3 is 16.0 Å². The molecule has 1 aliphatic rings. The van der Waals surface area contributed by atoms with Gasteiger partial charge in [-0.2, -0.15) is 0 Å². The molecule has 0 radical (unpaired) electrons. The van der Waals surface area contributed by atoms with Crippen LogP contribution in [-0.4, -0.2) is 41.3 Å². The van der Waals surface area contributed by atoms with E-state index in [1.54, 1.807) is 11.8 Å². The van der Waals surface area contributed by atoms with Gasteiger partial charge in [0.05, 0.1) is 16.9 Å². The first-order valence-electron chi connectivity index (χ1n) is 6.77. The van der Waals surface area contributed by atoms with Gasteiger partial charge in [0.2, 0.25) is 11.8 Å². The van der Waals surface area contributed by atoms with E-state index in [9.17, 15) is 9.59 Å². The molecular formula is C13H23N3O2S. The summed E-state index contributed by atoms with van der Waals surface area (Å²) in [6.07, 6.45) is 3.77. The number of carbonyl (C=O) groups is 2. The van der Waals surface area contributed by atoms with Crippen LogP contribution in [0.1, 0.15) is 39.5 Å². The molecule has 1 aliphatic heterocycles. The molecule has 6 heteroatoms. The maximum absolute atomic E-state index is 12.1. The maximum atomic E-state index is 12.1. The fourth-order valence-electron chi connectivity index (χ4n) is 2.05. The summed E-state index contributed by atoms with van der Waals surface area (Å²) in [5.41, 5.74) is 4.73. The monoisotopic (exact) mass is 285 g/mol. The van der Waals surface area contributed by atoms with Crippen molar-refractivity contribution in [3.63, 3.8) is 0 Å². The van der Waals surface area contributed by atoms with Crippen LogP contribution in [0, 0.1) is 5.41 Å². The van der Waals surface area contributed by atoms with Crippen LogP contribution < -0.4 is 11.1 Å². The number of nitrogens with one attached hydrogen (secondary N) is 1. The number of carbonyl (C=O) groups excluding carboxylic acids is 2. The number of amides is 2. The molecule has 1 saturated heterocycles. The average Bonchev–Trinajstić information content (AvgIpc) is 2.44. The number of hydrogen-bond donors (Lipinski definition) is 2. The molecule has 1 unspecified atom stereocenters. The third kappa shape index (κ3) is 3.89. The molecule has 19 heavy (non-hydrogen) atoms. The van der Waals surface area contributed by atoms with Crippen LogP contribution in [0.4, 0.5) is 0 Å². The second-order valence-corrected chi connectivity index (χ2v) is 5.61. The molecule has 0 saturated carbocycles. The van der Waals surface area contributed by atoms with Crippen molar-refractivity contribution in [1.29, 1.82) is 0 Å². The van der Waals surface area contributed by atoms with Crippen LogP contribution in [-0.2, 0) is 9.59 Å². The Morgan fingerprint density at radius 3 is 2.37 bits per heavy atom. The van der Waals surface area contributed by atoms with Gasteiger partial charge in [-0.1, -0.05) is 19.1 Å². The zero-order valence-corrected chi connectivity index (χ0v) is 12.5. The Morgan fingerprint density at radius 2 is 1.89 bits per heavy atom. The number of piperidine rings is 1. The molecule has 0 aromatic rings. The van der Waals surface area contributed by atoms with Gasteiger partial charge in [0.1, 0.15) is 0 Å². The predicted octanol–water partition coefficient (Wildman–Crippen LogP) is 0.818. The summed E-state index contributed by atoms with van der Waals surface area (Å²) >= 11 is 4.93. The van der Waals surface area contributed by atoms with Crippen LogP contribution >= 0.6 is 12.2 Å². The molecular weight excluding hydrogens is 262 g/mol. The molecule has 108 valence electrons. The topological polar surface area (TPSA) is 75.4 Å². The van der Waals surface area contributed by atoms with Gasteiger partial charge in [-0.3, -0.25) is 9.59 Å². The molecule has 0 aliphatic carbocycles. The van der Waals surface area contributed by atoms with Crippen molar-refractivity contribution in [2.45, 2.75) is 39.5 Å². The van der Waals surface area contributed by atoms with E-state index in [1.165, 1.54) is 6.42 Å². The molecule has 0 aromatic heterocycles. The highest BCUT2D eigenvalue weighted by Gasteiger charge is 2.34. The first-order chi connectivity index (χ1) is 8.91. The van der Waals surface area contributed by atoms with Crippen LogP contribution in [0.25, 0.3) is 0 Å². The lowest BCUT2D eigenvalue weighted by Gasteiger charge is -2.28. The standard InChI is InChI=1S/C13H23N3O2S/c1-3-13(2,11(14)19)12(18)15-9-10(17)16-7-5-4-6-8-16/h3-9H2,1-2H3,(H2,14,19)(H,15,18). The molecule has 1 heterocycles. The zero-order valence-electron chi connectivity index (χ0n) is 11.7. The molecule has 0 aromatic carbocycles. The van der Waals surface area contributed by atoms with E-state index < -0.39 is 5.41 Å². The van der Waals surface area contributed by atoms with E-state index in [0.717, 1.165) is 25.9 Å². The van der Waals surface area contributed by atoms with E-state index >= 15 is 0 Å². The first-order valence-corrected chi connectivity index (χ1v) is 7.18. The highest BCUT2D eigenvalue weighted by molar-refractivity contribution is 7.80. The van der Waals surface area contributed by atoms with E-state index in [0.29, 0.717) is 6.42 Å². The lowest BCUT2D eigenvalue weighted by molar-refractivity contribution is -0.135. The summed E-state index contributed by atoms with van der Waals surface area (Å²) in [6.45, 7) is 5.16. The van der Waals surface area contributed by atoms with Gasteiger partial charge in [0, 0.05) is 13.1 Å². The minimum Gasteiger partial charge on any atom is -0.392 e. The SMILES string of the molecule is CCC(C)(C(=O)NCC(=O)N1CCCCC1)C(N)=S. The third-order valence-corrected chi connectivity index (χ3v) is 4.31. The normalized spacial score (nSPS) is 18.5. The van der Waals surface area contributed by atoms with Crippen molar-refractivity contribution in [3.8, 4) is 0 Å². The number of nitrogens with two attached hydrogens (primary N) is 1. The minimum atomic E-state index is -0.877. The summed E-state index contributed by atoms with van der Waals surface area (Å²) in [4.78, 5) is 26.0. The van der Waals surface area contributed by atoms with Crippen LogP contribution in [0.3, 0.4) is 0 Å². The lowest BCUT2D eigenvalue weighted by Crippen LogP contribution is -2.50. The summed E-state index contributed by atoms with van der Waals surface area (Å²) < 4.78 is 0. The Hall–Kier alpha value is -1.17. The molecule has 0 bridgehead atoms. The summed E-state index contributed by atoms with van der Waals surface area (Å²) in [5, 5.41) is 2.65. The van der Waals surface area contributed by atoms with Gasteiger partial charge in [0.25, 0.3) is 0 Å². The second kappa shape index (κ2) is 6.84. The predicted molar refractivity (Wildman–Crippen MR) is 78.6 cm³/mol. The number of thiocarbonyl (C=S) groups is 1. The third-order valence-electron chi connectivity index (χ3n) is 3.86. The van der Waals surface area contributed by atoms with Gasteiger partial charge in [-0.15, -0.1) is 0 Å². The van der Waals surface area contributed by atoms with Gasteiger partial charge in [-0.25, -0.2) is 0 Å². The van der Waals surface area contributed by atoms with Crippen molar-refractivity contribution in [2.75, 3.05) is 19.6 Å². The van der Waals surface area contributed by atoms with E-state index in [-0.39, 0.29) is 23.3 Å². The second-order valence-electron chi connectivity index (χ2n) is 5.17. The largest absolute Gasteiger partial charge is 0.392 e. The Bertz CT molecular complexity index is 367. The summed E-state index contributed by atoms with van der Waals surface area (Å²) in [5.74, 6) is -0.303. The van der Waals surface area contributed by atoms with Crippen molar-refractivity contribution in [2.24, 2.45) is 11.1 Å². The average molecular weight is 285 g/mol. The number of hydrogen-bond acceptors (Lipinski definition) is 3. The first kappa shape index (κ1) is 15.9. The quantitative estimate of drug-likeness (QED) is 0.733. The van der Waals surface area contributed by atoms with Gasteiger partial charge in [0.15, 0.2) is 0 Å². The fourth-order valence-corrected chi connectivity index (χ4v) is 2.29. The Balaban J connectivity index is 2.49. The molecule has 1 fully saturated rings. The van der Waals surface area contributed by atoms with Crippen molar-refractivity contribution < 1.29 is 9.59 Å². The number of rotatable bonds is 5. The molecule has 1 rings (SSSR count). The Kier molecular flexibility index (Phi) is 5.72. The summed E-state index contributed by atoms with van der Waals surface area (Å²) in [6, 6.07) is 0. The van der Waals surface area contributed by atoms with Crippen LogP contribution in [0.2, 0.25) is 0 Å². The van der Waals surface area contributed by atoms with Crippen molar-refractivity contribution in [1.82, 2.24) is 10.2 Å². The zero-order chi connectivity index (χ0) is 14.5. The summed E-state index contributed by atoms with van der Waals surface area (Å²) in [7, 11) is 0. The van der Waals surface area contributed by atoms with E-state index in [1.807, 2.05) is 6.92 Å². The lowest BCUT2D eigenvalue weighted by atomic mass is 9.86. The van der Waals surface area contributed by atoms with Crippen LogP contribution in [0.15, 0.2) is 0 Å². The Labute approximate surface area is 119 Å². The Morgan fingerprint density at radius 1 is 1.32 bits per heavy atom. The molecule has 1 atom stereocenters. The fraction of sp³-hybridized carbons (Fsp3) is 0.769. The van der Waals surface area contributed by atoms with Gasteiger partial charge in [-0.05, 0) is 32.6 Å². The number of likely N-dealkylation sites (tertiary alicyclic amines) is 1. The van der Waals surface area contributed by atoms with E-state index in [4.69, 9.17) is 18.0 Å². The number of nitrogens with zero attached hydrogens (tertiary/aromatic N) is 1. The molecule has 0 spiro atoms. The highest BCUT2D eigenvalue weighted by Crippen LogP contribution is 2.21. The van der Waals surface area contributed by atoms with Crippen molar-refractivity contribution in [3.05, 3.63) is 0 Å².